The molecular weight excluding hydrogens is 258 g/mol. The number of hydrogen-bond donors (Lipinski definition) is 0. The van der Waals surface area contributed by atoms with E-state index in [1.807, 2.05) is 36.4 Å². The van der Waals surface area contributed by atoms with Crippen molar-refractivity contribution in [1.29, 1.82) is 0 Å². The van der Waals surface area contributed by atoms with Gasteiger partial charge in [0.25, 0.3) is 0 Å². The van der Waals surface area contributed by atoms with E-state index in [-0.39, 0.29) is 18.0 Å². The summed E-state index contributed by atoms with van der Waals surface area (Å²) in [7, 11) is 2.14. The number of carbonyl (C=O) groups is 1. The van der Waals surface area contributed by atoms with Gasteiger partial charge in [-0.2, -0.15) is 0 Å². The fourth-order valence-electron chi connectivity index (χ4n) is 3.45. The molecule has 3 atom stereocenters. The van der Waals surface area contributed by atoms with Crippen LogP contribution in [-0.2, 0) is 4.79 Å². The van der Waals surface area contributed by atoms with Crippen molar-refractivity contribution < 1.29 is 4.79 Å². The number of ketones is 1. The third kappa shape index (κ3) is 2.64. The first-order valence-corrected chi connectivity index (χ1v) is 7.53. The van der Waals surface area contributed by atoms with Gasteiger partial charge >= 0.3 is 0 Å². The van der Waals surface area contributed by atoms with E-state index >= 15 is 0 Å². The Kier molecular flexibility index (Phi) is 3.89. The minimum Gasteiger partial charge on any atom is -0.299 e. The largest absolute Gasteiger partial charge is 0.299 e. The van der Waals surface area contributed by atoms with Crippen LogP contribution in [0.25, 0.3) is 0 Å². The van der Waals surface area contributed by atoms with Crippen LogP contribution in [-0.4, -0.2) is 17.7 Å². The molecule has 0 N–H and O–H groups in total. The summed E-state index contributed by atoms with van der Waals surface area (Å²) in [4.78, 5) is 14.8. The molecule has 2 aromatic rings. The maximum atomic E-state index is 12.5. The highest BCUT2D eigenvalue weighted by atomic mass is 16.1. The zero-order chi connectivity index (χ0) is 14.8. The van der Waals surface area contributed by atoms with Gasteiger partial charge in [-0.15, -0.1) is 0 Å². The fourth-order valence-corrected chi connectivity index (χ4v) is 3.45. The smallest absolute Gasteiger partial charge is 0.139 e. The predicted molar refractivity (Wildman–Crippen MR) is 84.9 cm³/mol. The van der Waals surface area contributed by atoms with E-state index < -0.39 is 0 Å². The minimum absolute atomic E-state index is 0.0392. The van der Waals surface area contributed by atoms with Crippen molar-refractivity contribution in [3.8, 4) is 0 Å². The molecule has 0 bridgehead atoms. The summed E-state index contributed by atoms with van der Waals surface area (Å²) in [6.07, 6.45) is 0.602. The van der Waals surface area contributed by atoms with Crippen LogP contribution in [0.5, 0.6) is 0 Å². The molecule has 3 rings (SSSR count). The molecule has 108 valence electrons. The van der Waals surface area contributed by atoms with E-state index in [1.54, 1.807) is 0 Å². The highest BCUT2D eigenvalue weighted by Crippen LogP contribution is 2.41. The first-order chi connectivity index (χ1) is 10.2. The molecule has 1 heterocycles. The highest BCUT2D eigenvalue weighted by molar-refractivity contribution is 5.83. The summed E-state index contributed by atoms with van der Waals surface area (Å²) in [6.45, 7) is 2.05. The molecule has 1 saturated heterocycles. The van der Waals surface area contributed by atoms with E-state index in [0.717, 1.165) is 0 Å². The second-order valence-electron chi connectivity index (χ2n) is 5.91. The molecule has 0 aliphatic carbocycles. The zero-order valence-corrected chi connectivity index (χ0v) is 12.6. The maximum absolute atomic E-state index is 12.5. The first kappa shape index (κ1) is 14.0. The van der Waals surface area contributed by atoms with Crippen molar-refractivity contribution >= 4 is 5.78 Å². The molecule has 2 nitrogen and oxygen atoms in total. The fraction of sp³-hybridized carbons (Fsp3) is 0.316. The highest BCUT2D eigenvalue weighted by Gasteiger charge is 2.39. The molecular formula is C19H21NO. The molecule has 0 saturated carbocycles. The van der Waals surface area contributed by atoms with Gasteiger partial charge in [0, 0.05) is 24.4 Å². The van der Waals surface area contributed by atoms with Crippen molar-refractivity contribution in [3.05, 3.63) is 71.8 Å². The molecule has 1 fully saturated rings. The van der Waals surface area contributed by atoms with Crippen LogP contribution in [0.1, 0.15) is 36.6 Å². The number of piperidine rings is 1. The third-order valence-electron chi connectivity index (χ3n) is 4.63. The second kappa shape index (κ2) is 5.82. The molecule has 0 amide bonds. The van der Waals surface area contributed by atoms with Crippen molar-refractivity contribution in [3.63, 3.8) is 0 Å². The Labute approximate surface area is 126 Å². The van der Waals surface area contributed by atoms with E-state index in [1.165, 1.54) is 11.1 Å². The average molecular weight is 279 g/mol. The Bertz CT molecular complexity index is 608. The molecule has 1 aliphatic rings. The van der Waals surface area contributed by atoms with Crippen LogP contribution >= 0.6 is 0 Å². The van der Waals surface area contributed by atoms with Gasteiger partial charge in [0.15, 0.2) is 0 Å². The lowest BCUT2D eigenvalue weighted by Crippen LogP contribution is -2.42. The molecule has 0 unspecified atom stereocenters. The van der Waals surface area contributed by atoms with Gasteiger partial charge in [0.1, 0.15) is 5.78 Å². The van der Waals surface area contributed by atoms with E-state index in [0.29, 0.717) is 12.2 Å². The number of hydrogen-bond acceptors (Lipinski definition) is 2. The van der Waals surface area contributed by atoms with Crippen LogP contribution in [0.2, 0.25) is 0 Å². The number of nitrogens with zero attached hydrogens (tertiary/aromatic N) is 1. The standard InChI is InChI=1S/C19H21NO/c1-14-18(21)13-17(15-9-5-3-6-10-15)20(2)19(14)16-11-7-4-8-12-16/h3-12,14,17,19H,13H2,1-2H3/t14-,17+,19-/m0/s1. The summed E-state index contributed by atoms with van der Waals surface area (Å²) in [5.41, 5.74) is 2.45. The van der Waals surface area contributed by atoms with Crippen LogP contribution in [0.15, 0.2) is 60.7 Å². The number of likely N-dealkylation sites (tertiary alicyclic amines) is 1. The van der Waals surface area contributed by atoms with Crippen LogP contribution in [0, 0.1) is 5.92 Å². The van der Waals surface area contributed by atoms with Gasteiger partial charge in [0.05, 0.1) is 0 Å². The normalized spacial score (nSPS) is 26.8. The van der Waals surface area contributed by atoms with E-state index in [4.69, 9.17) is 0 Å². The Hall–Kier alpha value is -1.93. The van der Waals surface area contributed by atoms with Crippen LogP contribution in [0.4, 0.5) is 0 Å². The molecule has 2 aromatic carbocycles. The lowest BCUT2D eigenvalue weighted by Gasteiger charge is -2.43. The molecule has 1 aliphatic heterocycles. The summed E-state index contributed by atoms with van der Waals surface area (Å²) in [5.74, 6) is 0.396. The Morgan fingerprint density at radius 3 is 2.00 bits per heavy atom. The molecule has 0 radical (unpaired) electrons. The van der Waals surface area contributed by atoms with Crippen LogP contribution in [0.3, 0.4) is 0 Å². The zero-order valence-electron chi connectivity index (χ0n) is 12.6. The van der Waals surface area contributed by atoms with E-state index in [9.17, 15) is 4.79 Å². The van der Waals surface area contributed by atoms with Gasteiger partial charge in [-0.3, -0.25) is 9.69 Å². The summed E-state index contributed by atoms with van der Waals surface area (Å²) >= 11 is 0. The van der Waals surface area contributed by atoms with E-state index in [2.05, 4.69) is 43.1 Å². The van der Waals surface area contributed by atoms with Gasteiger partial charge < -0.3 is 0 Å². The van der Waals surface area contributed by atoms with Gasteiger partial charge in [0.2, 0.25) is 0 Å². The van der Waals surface area contributed by atoms with Crippen molar-refractivity contribution in [2.45, 2.75) is 25.4 Å². The Balaban J connectivity index is 1.98. The quantitative estimate of drug-likeness (QED) is 0.828. The summed E-state index contributed by atoms with van der Waals surface area (Å²) in [5, 5.41) is 0. The van der Waals surface area contributed by atoms with Crippen molar-refractivity contribution in [2.75, 3.05) is 7.05 Å². The molecule has 0 aromatic heterocycles. The van der Waals surface area contributed by atoms with Gasteiger partial charge in [-0.1, -0.05) is 67.6 Å². The number of benzene rings is 2. The molecule has 0 spiro atoms. The number of Topliss-reactive ketones (excluding diaryl/α,β-unsaturated/α-hetero) is 1. The lowest BCUT2D eigenvalue weighted by molar-refractivity contribution is -0.130. The lowest BCUT2D eigenvalue weighted by atomic mass is 9.80. The minimum atomic E-state index is 0.0392. The molecule has 21 heavy (non-hydrogen) atoms. The third-order valence-corrected chi connectivity index (χ3v) is 4.63. The van der Waals surface area contributed by atoms with Gasteiger partial charge in [-0.25, -0.2) is 0 Å². The first-order valence-electron chi connectivity index (χ1n) is 7.53. The monoisotopic (exact) mass is 279 g/mol. The van der Waals surface area contributed by atoms with Gasteiger partial charge in [-0.05, 0) is 18.2 Å². The Morgan fingerprint density at radius 2 is 1.43 bits per heavy atom. The predicted octanol–water partition coefficient (Wildman–Crippen LogP) is 4.01. The van der Waals surface area contributed by atoms with Crippen molar-refractivity contribution in [2.24, 2.45) is 5.92 Å². The van der Waals surface area contributed by atoms with Crippen LogP contribution < -0.4 is 0 Å². The molecule has 2 heteroatoms. The summed E-state index contributed by atoms with van der Waals surface area (Å²) < 4.78 is 0. The maximum Gasteiger partial charge on any atom is 0.139 e. The summed E-state index contributed by atoms with van der Waals surface area (Å²) in [6, 6.07) is 21.0. The SMILES string of the molecule is C[C@H]1C(=O)C[C@H](c2ccccc2)N(C)[C@@H]1c1ccccc1. The number of carbonyl (C=O) groups excluding carboxylic acids is 1. The topological polar surface area (TPSA) is 20.3 Å². The van der Waals surface area contributed by atoms with Crippen molar-refractivity contribution in [1.82, 2.24) is 4.90 Å². The number of rotatable bonds is 2. The average Bonchev–Trinajstić information content (AvgIpc) is 2.53. The Morgan fingerprint density at radius 1 is 0.905 bits per heavy atom. The second-order valence-corrected chi connectivity index (χ2v) is 5.91.